The van der Waals surface area contributed by atoms with Crippen LogP contribution in [0.15, 0.2) is 18.2 Å². The predicted octanol–water partition coefficient (Wildman–Crippen LogP) is 2.93. The van der Waals surface area contributed by atoms with E-state index in [4.69, 9.17) is 10.5 Å². The second kappa shape index (κ2) is 6.56. The Hall–Kier alpha value is -2.11. The molecule has 1 atom stereocenters. The summed E-state index contributed by atoms with van der Waals surface area (Å²) in [6.45, 7) is 6.54. The molecule has 0 aliphatic heterocycles. The van der Waals surface area contributed by atoms with Gasteiger partial charge in [-0.3, -0.25) is 0 Å². The van der Waals surface area contributed by atoms with Crippen LogP contribution >= 0.6 is 0 Å². The van der Waals surface area contributed by atoms with Gasteiger partial charge in [0, 0.05) is 11.8 Å². The molecule has 21 heavy (non-hydrogen) atoms. The van der Waals surface area contributed by atoms with E-state index in [-0.39, 0.29) is 6.04 Å². The Morgan fingerprint density at radius 1 is 1.29 bits per heavy atom. The normalized spacial score (nSPS) is 12.6. The van der Waals surface area contributed by atoms with Crippen molar-refractivity contribution >= 4 is 5.69 Å². The maximum absolute atomic E-state index is 5.81. The molecule has 0 radical (unpaired) electrons. The third kappa shape index (κ3) is 2.99. The van der Waals surface area contributed by atoms with Crippen LogP contribution in [0.4, 0.5) is 5.69 Å². The molecule has 1 heterocycles. The molecular formula is C15H23N5O. The lowest BCUT2D eigenvalue weighted by Gasteiger charge is -2.22. The molecule has 0 amide bonds. The van der Waals surface area contributed by atoms with Crippen LogP contribution in [0.5, 0.6) is 5.75 Å². The molecule has 1 unspecified atom stereocenters. The number of ether oxygens (including phenoxy) is 1. The van der Waals surface area contributed by atoms with E-state index in [1.807, 2.05) is 16.8 Å². The zero-order valence-electron chi connectivity index (χ0n) is 13.1. The van der Waals surface area contributed by atoms with E-state index in [1.54, 1.807) is 13.2 Å². The lowest BCUT2D eigenvalue weighted by Crippen LogP contribution is -2.18. The number of rotatable bonds is 6. The van der Waals surface area contributed by atoms with Crippen molar-refractivity contribution in [2.45, 2.75) is 39.7 Å². The van der Waals surface area contributed by atoms with Gasteiger partial charge in [-0.05, 0) is 35.4 Å². The number of tetrazole rings is 1. The maximum atomic E-state index is 5.81. The summed E-state index contributed by atoms with van der Waals surface area (Å²) in [4.78, 5) is 0. The van der Waals surface area contributed by atoms with Gasteiger partial charge in [0.15, 0.2) is 5.82 Å². The van der Waals surface area contributed by atoms with Crippen LogP contribution in [0.1, 0.15) is 39.7 Å². The number of anilines is 1. The average molecular weight is 289 g/mol. The average Bonchev–Trinajstić information content (AvgIpc) is 2.97. The van der Waals surface area contributed by atoms with Crippen LogP contribution in [-0.4, -0.2) is 27.3 Å². The largest absolute Gasteiger partial charge is 0.496 e. The highest BCUT2D eigenvalue weighted by Crippen LogP contribution is 2.33. The molecule has 6 heteroatoms. The van der Waals surface area contributed by atoms with Gasteiger partial charge in [0.2, 0.25) is 0 Å². The van der Waals surface area contributed by atoms with Crippen molar-refractivity contribution in [1.29, 1.82) is 0 Å². The van der Waals surface area contributed by atoms with Gasteiger partial charge in [-0.25, -0.2) is 4.68 Å². The molecule has 1 aromatic heterocycles. The van der Waals surface area contributed by atoms with Crippen molar-refractivity contribution < 1.29 is 4.74 Å². The number of hydrogen-bond acceptors (Lipinski definition) is 5. The number of aromatic nitrogens is 4. The molecule has 0 saturated carbocycles. The summed E-state index contributed by atoms with van der Waals surface area (Å²) in [5.41, 5.74) is 7.32. The maximum Gasteiger partial charge on any atom is 0.186 e. The van der Waals surface area contributed by atoms with Crippen LogP contribution in [0.3, 0.4) is 0 Å². The molecule has 0 aliphatic carbocycles. The Kier molecular flexibility index (Phi) is 4.77. The van der Waals surface area contributed by atoms with Crippen molar-refractivity contribution in [3.63, 3.8) is 0 Å². The number of hydrogen-bond donors (Lipinski definition) is 1. The van der Waals surface area contributed by atoms with E-state index < -0.39 is 0 Å². The first-order chi connectivity index (χ1) is 10.1. The molecule has 0 saturated heterocycles. The topological polar surface area (TPSA) is 78.9 Å². The smallest absolute Gasteiger partial charge is 0.186 e. The fourth-order valence-corrected chi connectivity index (χ4v) is 2.71. The lowest BCUT2D eigenvalue weighted by molar-refractivity contribution is 0.308. The fourth-order valence-electron chi connectivity index (χ4n) is 2.71. The van der Waals surface area contributed by atoms with Crippen molar-refractivity contribution in [3.8, 4) is 17.1 Å². The van der Waals surface area contributed by atoms with Gasteiger partial charge in [-0.15, -0.1) is 5.10 Å². The molecule has 2 aromatic rings. The summed E-state index contributed by atoms with van der Waals surface area (Å²) in [5, 5.41) is 12.2. The van der Waals surface area contributed by atoms with Gasteiger partial charge in [-0.1, -0.05) is 26.7 Å². The van der Waals surface area contributed by atoms with Crippen LogP contribution in [0, 0.1) is 5.92 Å². The van der Waals surface area contributed by atoms with E-state index in [0.717, 1.165) is 18.4 Å². The Morgan fingerprint density at radius 2 is 2.00 bits per heavy atom. The minimum atomic E-state index is 0.229. The SMILES string of the molecule is CCC(CC)C(C)n1nnnc1-c1ccc(N)cc1OC. The van der Waals surface area contributed by atoms with Gasteiger partial charge in [0.1, 0.15) is 5.75 Å². The van der Waals surface area contributed by atoms with Crippen molar-refractivity contribution in [3.05, 3.63) is 18.2 Å². The van der Waals surface area contributed by atoms with Crippen molar-refractivity contribution in [2.75, 3.05) is 12.8 Å². The standard InChI is InChI=1S/C15H23N5O/c1-5-11(6-2)10(3)20-15(17-18-19-20)13-8-7-12(16)9-14(13)21-4/h7-11H,5-6,16H2,1-4H3. The van der Waals surface area contributed by atoms with Crippen LogP contribution in [-0.2, 0) is 0 Å². The molecule has 0 fully saturated rings. The number of nitrogens with zero attached hydrogens (tertiary/aromatic N) is 4. The Bertz CT molecular complexity index is 591. The quantitative estimate of drug-likeness (QED) is 0.827. The number of nitrogens with two attached hydrogens (primary N) is 1. The third-order valence-corrected chi connectivity index (χ3v) is 4.08. The molecule has 2 N–H and O–H groups in total. The van der Waals surface area contributed by atoms with Gasteiger partial charge < -0.3 is 10.5 Å². The zero-order chi connectivity index (χ0) is 15.4. The van der Waals surface area contributed by atoms with Gasteiger partial charge in [0.05, 0.1) is 18.7 Å². The number of nitrogen functional groups attached to an aromatic ring is 1. The van der Waals surface area contributed by atoms with Crippen molar-refractivity contribution in [2.24, 2.45) is 5.92 Å². The molecule has 0 aliphatic rings. The number of methoxy groups -OCH3 is 1. The van der Waals surface area contributed by atoms with Gasteiger partial charge in [-0.2, -0.15) is 0 Å². The predicted molar refractivity (Wildman–Crippen MR) is 83.0 cm³/mol. The molecule has 0 bridgehead atoms. The first-order valence-corrected chi connectivity index (χ1v) is 7.34. The Balaban J connectivity index is 2.45. The highest BCUT2D eigenvalue weighted by Gasteiger charge is 2.22. The fraction of sp³-hybridized carbons (Fsp3) is 0.533. The zero-order valence-corrected chi connectivity index (χ0v) is 13.1. The molecule has 1 aromatic carbocycles. The van der Waals surface area contributed by atoms with E-state index in [9.17, 15) is 0 Å². The third-order valence-electron chi connectivity index (χ3n) is 4.08. The number of benzene rings is 1. The molecule has 6 nitrogen and oxygen atoms in total. The minimum Gasteiger partial charge on any atom is -0.496 e. The highest BCUT2D eigenvalue weighted by molar-refractivity contribution is 5.67. The first-order valence-electron chi connectivity index (χ1n) is 7.34. The van der Waals surface area contributed by atoms with E-state index in [0.29, 0.717) is 23.2 Å². The van der Waals surface area contributed by atoms with Gasteiger partial charge >= 0.3 is 0 Å². The Labute approximate surface area is 125 Å². The molecule has 2 rings (SSSR count). The van der Waals surface area contributed by atoms with E-state index >= 15 is 0 Å². The summed E-state index contributed by atoms with van der Waals surface area (Å²) in [6.07, 6.45) is 2.19. The summed E-state index contributed by atoms with van der Waals surface area (Å²) in [5.74, 6) is 1.93. The summed E-state index contributed by atoms with van der Waals surface area (Å²) in [7, 11) is 1.62. The van der Waals surface area contributed by atoms with Gasteiger partial charge in [0.25, 0.3) is 0 Å². The minimum absolute atomic E-state index is 0.229. The molecule has 114 valence electrons. The van der Waals surface area contributed by atoms with Crippen LogP contribution in [0.2, 0.25) is 0 Å². The Morgan fingerprint density at radius 3 is 2.62 bits per heavy atom. The van der Waals surface area contributed by atoms with Crippen LogP contribution in [0.25, 0.3) is 11.4 Å². The summed E-state index contributed by atoms with van der Waals surface area (Å²) >= 11 is 0. The molecular weight excluding hydrogens is 266 g/mol. The van der Waals surface area contributed by atoms with Crippen LogP contribution < -0.4 is 10.5 Å². The van der Waals surface area contributed by atoms with E-state index in [1.165, 1.54) is 0 Å². The second-order valence-electron chi connectivity index (χ2n) is 5.22. The molecule has 0 spiro atoms. The summed E-state index contributed by atoms with van der Waals surface area (Å²) < 4.78 is 7.29. The summed E-state index contributed by atoms with van der Waals surface area (Å²) in [6, 6.07) is 5.75. The highest BCUT2D eigenvalue weighted by atomic mass is 16.5. The van der Waals surface area contributed by atoms with Crippen molar-refractivity contribution in [1.82, 2.24) is 20.2 Å². The van der Waals surface area contributed by atoms with E-state index in [2.05, 4.69) is 36.3 Å². The first kappa shape index (κ1) is 15.3. The monoisotopic (exact) mass is 289 g/mol. The lowest BCUT2D eigenvalue weighted by atomic mass is 9.95. The second-order valence-corrected chi connectivity index (χ2v) is 5.22.